The summed E-state index contributed by atoms with van der Waals surface area (Å²) in [6, 6.07) is 9.37. The summed E-state index contributed by atoms with van der Waals surface area (Å²) in [5.74, 6) is 0.196. The van der Waals surface area contributed by atoms with Crippen LogP contribution in [-0.2, 0) is 0 Å². The van der Waals surface area contributed by atoms with E-state index in [0.29, 0.717) is 11.5 Å². The topological polar surface area (TPSA) is 33.1 Å². The summed E-state index contributed by atoms with van der Waals surface area (Å²) in [4.78, 5) is 3.69. The van der Waals surface area contributed by atoms with Crippen molar-refractivity contribution < 1.29 is 9.50 Å². The van der Waals surface area contributed by atoms with Gasteiger partial charge < -0.3 is 5.11 Å². The molecule has 1 aliphatic carbocycles. The predicted octanol–water partition coefficient (Wildman–Crippen LogP) is 3.57. The molecule has 1 atom stereocenters. The van der Waals surface area contributed by atoms with Crippen LogP contribution in [0, 0.1) is 5.82 Å². The van der Waals surface area contributed by atoms with Gasteiger partial charge in [-0.25, -0.2) is 4.39 Å². The second-order valence-electron chi connectivity index (χ2n) is 5.09. The third kappa shape index (κ3) is 2.38. The number of nitrogens with zero attached hydrogens (tertiary/aromatic N) is 1. The minimum absolute atomic E-state index is 0.270. The minimum atomic E-state index is -0.932. The molecule has 3 heteroatoms. The van der Waals surface area contributed by atoms with E-state index in [0.717, 1.165) is 6.20 Å². The number of pyridine rings is 1. The summed E-state index contributed by atoms with van der Waals surface area (Å²) in [6.45, 7) is 0. The second kappa shape index (κ2) is 5.10. The number of aliphatic hydroxyl groups excluding tert-OH is 1. The van der Waals surface area contributed by atoms with Crippen molar-refractivity contribution >= 4 is 0 Å². The smallest absolute Gasteiger partial charge is 0.147 e. The lowest BCUT2D eigenvalue weighted by molar-refractivity contribution is 0.214. The van der Waals surface area contributed by atoms with Crippen LogP contribution in [-0.4, -0.2) is 10.1 Å². The Morgan fingerprint density at radius 1 is 1.16 bits per heavy atom. The molecule has 19 heavy (non-hydrogen) atoms. The summed E-state index contributed by atoms with van der Waals surface area (Å²) in [7, 11) is 0. The van der Waals surface area contributed by atoms with Crippen molar-refractivity contribution in [3.05, 3.63) is 65.2 Å². The summed E-state index contributed by atoms with van der Waals surface area (Å²) >= 11 is 0. The van der Waals surface area contributed by atoms with Crippen molar-refractivity contribution in [1.29, 1.82) is 0 Å². The molecule has 1 aliphatic rings. The molecule has 0 bridgehead atoms. The van der Waals surface area contributed by atoms with Crippen LogP contribution in [0.5, 0.6) is 0 Å². The van der Waals surface area contributed by atoms with Gasteiger partial charge in [-0.1, -0.05) is 30.7 Å². The van der Waals surface area contributed by atoms with E-state index in [4.69, 9.17) is 0 Å². The lowest BCUT2D eigenvalue weighted by atomic mass is 9.80. The van der Waals surface area contributed by atoms with Crippen LogP contribution in [0.3, 0.4) is 0 Å². The number of aromatic nitrogens is 1. The van der Waals surface area contributed by atoms with Crippen LogP contribution in [0.2, 0.25) is 0 Å². The maximum Gasteiger partial charge on any atom is 0.147 e. The zero-order valence-corrected chi connectivity index (χ0v) is 10.6. The van der Waals surface area contributed by atoms with Gasteiger partial charge in [0.15, 0.2) is 0 Å². The van der Waals surface area contributed by atoms with E-state index in [-0.39, 0.29) is 5.56 Å². The molecule has 1 unspecified atom stereocenters. The maximum atomic E-state index is 13.6. The Morgan fingerprint density at radius 2 is 1.89 bits per heavy atom. The lowest BCUT2D eigenvalue weighted by Crippen LogP contribution is -2.09. The van der Waals surface area contributed by atoms with E-state index >= 15 is 0 Å². The Labute approximate surface area is 111 Å². The molecule has 1 aromatic carbocycles. The van der Waals surface area contributed by atoms with Crippen molar-refractivity contribution in [1.82, 2.24) is 4.98 Å². The van der Waals surface area contributed by atoms with Crippen LogP contribution < -0.4 is 0 Å². The summed E-state index contributed by atoms with van der Waals surface area (Å²) < 4.78 is 13.6. The highest BCUT2D eigenvalue weighted by Crippen LogP contribution is 2.36. The molecule has 3 rings (SSSR count). The van der Waals surface area contributed by atoms with Crippen molar-refractivity contribution in [2.75, 3.05) is 0 Å². The maximum absolute atomic E-state index is 13.6. The van der Waals surface area contributed by atoms with Crippen LogP contribution in [0.15, 0.2) is 42.7 Å². The molecule has 0 saturated heterocycles. The van der Waals surface area contributed by atoms with Gasteiger partial charge in [0.25, 0.3) is 0 Å². The van der Waals surface area contributed by atoms with Gasteiger partial charge in [-0.2, -0.15) is 0 Å². The Hall–Kier alpha value is -1.74. The van der Waals surface area contributed by atoms with Gasteiger partial charge in [0.2, 0.25) is 0 Å². The third-order valence-electron chi connectivity index (χ3n) is 3.93. The Kier molecular flexibility index (Phi) is 3.30. The first-order chi connectivity index (χ1) is 9.25. The molecule has 2 aromatic rings. The molecule has 1 heterocycles. The number of halogens is 1. The van der Waals surface area contributed by atoms with E-state index in [1.165, 1.54) is 37.1 Å². The fourth-order valence-electron chi connectivity index (χ4n) is 2.48. The lowest BCUT2D eigenvalue weighted by Gasteiger charge is -2.26. The minimum Gasteiger partial charge on any atom is -0.384 e. The molecule has 0 amide bonds. The average Bonchev–Trinajstić information content (AvgIpc) is 2.37. The first-order valence-corrected chi connectivity index (χ1v) is 6.63. The average molecular weight is 257 g/mol. The predicted molar refractivity (Wildman–Crippen MR) is 71.3 cm³/mol. The first-order valence-electron chi connectivity index (χ1n) is 6.63. The fourth-order valence-corrected chi connectivity index (χ4v) is 2.48. The van der Waals surface area contributed by atoms with Gasteiger partial charge in [-0.15, -0.1) is 0 Å². The van der Waals surface area contributed by atoms with Crippen LogP contribution in [0.4, 0.5) is 4.39 Å². The van der Waals surface area contributed by atoms with E-state index in [9.17, 15) is 9.50 Å². The van der Waals surface area contributed by atoms with Gasteiger partial charge in [-0.05, 0) is 36.0 Å². The number of hydrogen-bond donors (Lipinski definition) is 1. The van der Waals surface area contributed by atoms with Crippen LogP contribution in [0.1, 0.15) is 48.0 Å². The summed E-state index contributed by atoms with van der Waals surface area (Å²) in [5, 5.41) is 10.2. The Balaban J connectivity index is 1.83. The first kappa shape index (κ1) is 12.3. The van der Waals surface area contributed by atoms with E-state index < -0.39 is 11.9 Å². The Bertz CT molecular complexity index is 563. The molecule has 2 nitrogen and oxygen atoms in total. The molecule has 1 N–H and O–H groups in total. The van der Waals surface area contributed by atoms with E-state index in [1.807, 2.05) is 24.3 Å². The monoisotopic (exact) mass is 257 g/mol. The molecule has 1 saturated carbocycles. The van der Waals surface area contributed by atoms with Crippen molar-refractivity contribution in [2.45, 2.75) is 31.3 Å². The van der Waals surface area contributed by atoms with Crippen molar-refractivity contribution in [3.63, 3.8) is 0 Å². The van der Waals surface area contributed by atoms with Gasteiger partial charge >= 0.3 is 0 Å². The molecular formula is C16H16FNO. The zero-order chi connectivity index (χ0) is 13.2. The number of aliphatic hydroxyl groups is 1. The zero-order valence-electron chi connectivity index (χ0n) is 10.6. The van der Waals surface area contributed by atoms with E-state index in [2.05, 4.69) is 4.98 Å². The quantitative estimate of drug-likeness (QED) is 0.911. The highest BCUT2D eigenvalue weighted by atomic mass is 19.1. The Morgan fingerprint density at radius 3 is 2.47 bits per heavy atom. The van der Waals surface area contributed by atoms with Crippen molar-refractivity contribution in [2.24, 2.45) is 0 Å². The number of rotatable bonds is 3. The molecule has 1 aromatic heterocycles. The van der Waals surface area contributed by atoms with Crippen LogP contribution in [0.25, 0.3) is 0 Å². The van der Waals surface area contributed by atoms with Crippen LogP contribution >= 0.6 is 0 Å². The SMILES string of the molecule is OC(c1ccc(C2CCC2)cc1)c1ccncc1F. The highest BCUT2D eigenvalue weighted by molar-refractivity contribution is 5.33. The van der Waals surface area contributed by atoms with Gasteiger partial charge in [0, 0.05) is 11.8 Å². The molecule has 1 fully saturated rings. The molecule has 98 valence electrons. The third-order valence-corrected chi connectivity index (χ3v) is 3.93. The fraction of sp³-hybridized carbons (Fsp3) is 0.312. The van der Waals surface area contributed by atoms with Gasteiger partial charge in [0.1, 0.15) is 11.9 Å². The van der Waals surface area contributed by atoms with Crippen molar-refractivity contribution in [3.8, 4) is 0 Å². The highest BCUT2D eigenvalue weighted by Gasteiger charge is 2.20. The van der Waals surface area contributed by atoms with E-state index in [1.54, 1.807) is 0 Å². The summed E-state index contributed by atoms with van der Waals surface area (Å²) in [5.41, 5.74) is 2.30. The number of benzene rings is 1. The number of hydrogen-bond acceptors (Lipinski definition) is 2. The molecule has 0 spiro atoms. The standard InChI is InChI=1S/C16H16FNO/c17-15-10-18-9-8-14(15)16(19)13-6-4-12(5-7-13)11-2-1-3-11/h4-11,16,19H,1-3H2. The van der Waals surface area contributed by atoms with Gasteiger partial charge in [0.05, 0.1) is 6.20 Å². The normalized spacial score (nSPS) is 16.9. The largest absolute Gasteiger partial charge is 0.384 e. The molecule has 0 aliphatic heterocycles. The van der Waals surface area contributed by atoms with Gasteiger partial charge in [-0.3, -0.25) is 4.98 Å². The summed E-state index contributed by atoms with van der Waals surface area (Å²) in [6.07, 6.45) is 5.49. The molecular weight excluding hydrogens is 241 g/mol. The molecule has 0 radical (unpaired) electrons. The second-order valence-corrected chi connectivity index (χ2v) is 5.09.